The maximum absolute atomic E-state index is 4.76. The molecule has 2 aromatic heterocycles. The van der Waals surface area contributed by atoms with Crippen LogP contribution in [0.25, 0.3) is 22.6 Å². The molecule has 7 aromatic rings. The van der Waals surface area contributed by atoms with E-state index < -0.39 is 0 Å². The summed E-state index contributed by atoms with van der Waals surface area (Å²) in [6.45, 7) is 0.0190. The van der Waals surface area contributed by atoms with Gasteiger partial charge in [0, 0.05) is 51.4 Å². The fourth-order valence-electron chi connectivity index (χ4n) is 8.61. The highest BCUT2D eigenvalue weighted by atomic mass is 15.2. The van der Waals surface area contributed by atoms with Gasteiger partial charge in [-0.2, -0.15) is 0 Å². The molecule has 1 saturated carbocycles. The van der Waals surface area contributed by atoms with Crippen molar-refractivity contribution < 1.29 is 0 Å². The summed E-state index contributed by atoms with van der Waals surface area (Å²) in [5.41, 5.74) is 15.5. The van der Waals surface area contributed by atoms with Gasteiger partial charge in [-0.1, -0.05) is 86.0 Å². The molecular weight excluding hydrogens is 623 g/mol. The maximum atomic E-state index is 4.76. The van der Waals surface area contributed by atoms with Gasteiger partial charge in [-0.3, -0.25) is 4.98 Å². The van der Waals surface area contributed by atoms with Crippen molar-refractivity contribution in [3.05, 3.63) is 152 Å². The van der Waals surface area contributed by atoms with Crippen molar-refractivity contribution in [3.63, 3.8) is 0 Å². The maximum Gasteiger partial charge on any atom is 0.252 e. The number of rotatable bonds is 5. The van der Waals surface area contributed by atoms with Crippen LogP contribution in [0.5, 0.6) is 0 Å². The van der Waals surface area contributed by atoms with E-state index >= 15 is 0 Å². The minimum absolute atomic E-state index is 0.0190. The molecule has 51 heavy (non-hydrogen) atoms. The van der Waals surface area contributed by atoms with Crippen molar-refractivity contribution in [2.24, 2.45) is 0 Å². The number of anilines is 6. The van der Waals surface area contributed by atoms with E-state index in [4.69, 9.17) is 4.98 Å². The Labute approximate surface area is 298 Å². The summed E-state index contributed by atoms with van der Waals surface area (Å²) >= 11 is 0. The van der Waals surface area contributed by atoms with Crippen LogP contribution in [-0.2, 0) is 0 Å². The molecule has 4 heterocycles. The average Bonchev–Trinajstić information content (AvgIpc) is 3.21. The van der Waals surface area contributed by atoms with Gasteiger partial charge in [-0.05, 0) is 101 Å². The van der Waals surface area contributed by atoms with Gasteiger partial charge in [0.15, 0.2) is 5.82 Å². The second-order valence-corrected chi connectivity index (χ2v) is 13.8. The molecule has 0 unspecified atom stereocenters. The Kier molecular flexibility index (Phi) is 7.22. The Morgan fingerprint density at radius 3 is 1.73 bits per heavy atom. The van der Waals surface area contributed by atoms with Crippen LogP contribution < -0.4 is 26.2 Å². The highest BCUT2D eigenvalue weighted by Crippen LogP contribution is 2.47. The predicted molar refractivity (Wildman–Crippen MR) is 208 cm³/mol. The molecule has 10 rings (SSSR count). The number of para-hydroxylation sites is 2. The van der Waals surface area contributed by atoms with E-state index in [0.717, 1.165) is 33.9 Å². The third-order valence-electron chi connectivity index (χ3n) is 10.9. The van der Waals surface area contributed by atoms with Crippen LogP contribution in [0.3, 0.4) is 0 Å². The second-order valence-electron chi connectivity index (χ2n) is 13.8. The van der Waals surface area contributed by atoms with Crippen LogP contribution in [0.1, 0.15) is 43.6 Å². The largest absolute Gasteiger partial charge is 0.311 e. The van der Waals surface area contributed by atoms with Crippen molar-refractivity contribution in [2.45, 2.75) is 38.0 Å². The van der Waals surface area contributed by atoms with Crippen LogP contribution >= 0.6 is 0 Å². The molecule has 3 aliphatic rings. The molecule has 1 aliphatic carbocycles. The summed E-state index contributed by atoms with van der Waals surface area (Å²) in [6, 6.07) is 46.6. The van der Waals surface area contributed by atoms with Gasteiger partial charge in [0.05, 0.1) is 5.69 Å². The summed E-state index contributed by atoms with van der Waals surface area (Å²) in [4.78, 5) is 22.9. The first-order valence-electron chi connectivity index (χ1n) is 18.0. The number of aromatic nitrogens is 4. The van der Waals surface area contributed by atoms with E-state index in [0.29, 0.717) is 11.7 Å². The zero-order valence-corrected chi connectivity index (χ0v) is 28.2. The summed E-state index contributed by atoms with van der Waals surface area (Å²) < 4.78 is 0. The third-order valence-corrected chi connectivity index (χ3v) is 10.9. The molecule has 0 saturated heterocycles. The fourth-order valence-corrected chi connectivity index (χ4v) is 8.61. The number of hydrogen-bond donors (Lipinski definition) is 0. The van der Waals surface area contributed by atoms with Crippen molar-refractivity contribution in [1.29, 1.82) is 0 Å². The zero-order chi connectivity index (χ0) is 33.7. The lowest BCUT2D eigenvalue weighted by Crippen LogP contribution is -2.61. The highest BCUT2D eigenvalue weighted by molar-refractivity contribution is 7.00. The molecule has 0 radical (unpaired) electrons. The lowest BCUT2D eigenvalue weighted by Gasteiger charge is -2.45. The third kappa shape index (κ3) is 5.03. The van der Waals surface area contributed by atoms with E-state index in [9.17, 15) is 0 Å². The molecule has 0 N–H and O–H groups in total. The van der Waals surface area contributed by atoms with Crippen molar-refractivity contribution >= 4 is 57.2 Å². The topological polar surface area (TPSA) is 58.0 Å². The Morgan fingerprint density at radius 1 is 0.529 bits per heavy atom. The van der Waals surface area contributed by atoms with E-state index in [1.54, 1.807) is 12.7 Å². The molecule has 7 heteroatoms. The highest BCUT2D eigenvalue weighted by Gasteiger charge is 2.44. The summed E-state index contributed by atoms with van der Waals surface area (Å²) in [6.07, 6.45) is 11.3. The number of hydrogen-bond acceptors (Lipinski definition) is 6. The lowest BCUT2D eigenvalue weighted by atomic mass is 9.33. The van der Waals surface area contributed by atoms with Crippen LogP contribution in [0, 0.1) is 0 Å². The molecule has 0 bridgehead atoms. The van der Waals surface area contributed by atoms with Gasteiger partial charge in [0.25, 0.3) is 6.71 Å². The zero-order valence-electron chi connectivity index (χ0n) is 28.2. The first-order valence-corrected chi connectivity index (χ1v) is 18.0. The van der Waals surface area contributed by atoms with E-state index in [1.165, 1.54) is 71.1 Å². The number of benzene rings is 5. The van der Waals surface area contributed by atoms with Gasteiger partial charge in [0.1, 0.15) is 12.7 Å². The first-order chi connectivity index (χ1) is 25.3. The second kappa shape index (κ2) is 12.4. The monoisotopic (exact) mass is 658 g/mol. The van der Waals surface area contributed by atoms with E-state index in [-0.39, 0.29) is 6.71 Å². The fraction of sp³-hybridized carbons (Fsp3) is 0.136. The van der Waals surface area contributed by atoms with Crippen LogP contribution in [0.15, 0.2) is 146 Å². The molecule has 1 fully saturated rings. The van der Waals surface area contributed by atoms with Gasteiger partial charge >= 0.3 is 0 Å². The smallest absolute Gasteiger partial charge is 0.252 e. The van der Waals surface area contributed by atoms with Crippen molar-refractivity contribution in [3.8, 4) is 22.6 Å². The first kappa shape index (κ1) is 29.8. The number of nitrogens with zero attached hydrogens (tertiary/aromatic N) is 6. The molecule has 0 spiro atoms. The Balaban J connectivity index is 1.29. The van der Waals surface area contributed by atoms with Crippen LogP contribution in [-0.4, -0.2) is 26.6 Å². The van der Waals surface area contributed by atoms with Crippen LogP contribution in [0.4, 0.5) is 34.1 Å². The van der Waals surface area contributed by atoms with Gasteiger partial charge in [-0.25, -0.2) is 15.0 Å². The minimum atomic E-state index is 0.0190. The summed E-state index contributed by atoms with van der Waals surface area (Å²) in [5.74, 6) is 1.19. The van der Waals surface area contributed by atoms with Gasteiger partial charge in [-0.15, -0.1) is 0 Å². The molecule has 5 aromatic carbocycles. The van der Waals surface area contributed by atoms with Crippen molar-refractivity contribution in [2.75, 3.05) is 9.80 Å². The number of fused-ring (bicyclic) bond motifs is 4. The van der Waals surface area contributed by atoms with Gasteiger partial charge in [0.2, 0.25) is 0 Å². The van der Waals surface area contributed by atoms with E-state index in [2.05, 4.69) is 146 Å². The average molecular weight is 659 g/mol. The lowest BCUT2D eigenvalue weighted by molar-refractivity contribution is 0.444. The summed E-state index contributed by atoms with van der Waals surface area (Å²) in [7, 11) is 0. The predicted octanol–water partition coefficient (Wildman–Crippen LogP) is 8.73. The number of pyridine rings is 1. The summed E-state index contributed by atoms with van der Waals surface area (Å²) in [5, 5.41) is 0. The Bertz CT molecular complexity index is 2210. The molecule has 2 aliphatic heterocycles. The molecule has 244 valence electrons. The van der Waals surface area contributed by atoms with Crippen molar-refractivity contribution in [1.82, 2.24) is 19.9 Å². The Morgan fingerprint density at radius 2 is 1.12 bits per heavy atom. The van der Waals surface area contributed by atoms with E-state index in [1.807, 2.05) is 12.3 Å². The van der Waals surface area contributed by atoms with Crippen LogP contribution in [0.2, 0.25) is 0 Å². The molecule has 0 amide bonds. The molecule has 0 atom stereocenters. The molecular formula is C44H35BN6. The van der Waals surface area contributed by atoms with Gasteiger partial charge < -0.3 is 9.80 Å². The quantitative estimate of drug-likeness (QED) is 0.173. The minimum Gasteiger partial charge on any atom is -0.311 e. The standard InChI is InChI=1S/C44H35BN6/c1-4-12-30(13-5-1)33-26-41-43-42(27-33)51(35-16-8-3-9-17-35)40-25-32(44-48-28-46-29-49-44)20-22-37(40)45(43)36-21-19-31(38-18-10-11-23-47-38)24-39(36)50(41)34-14-6-2-7-15-34/h2-3,6-11,14-30H,1,4-5,12-13H2. The SMILES string of the molecule is c1ccc(N2c3cc(-c4ccccn4)ccc3B3c4ccc(-c5ncncn5)cc4N(c4ccccc4)c4cc(C5CCCCC5)cc2c43)cc1. The molecule has 6 nitrogen and oxygen atoms in total. The normalized spacial score (nSPS) is 14.9. The Hall–Kier alpha value is -6.08.